The van der Waals surface area contributed by atoms with E-state index in [1.54, 1.807) is 7.11 Å². The third-order valence-corrected chi connectivity index (χ3v) is 2.98. The van der Waals surface area contributed by atoms with Crippen LogP contribution < -0.4 is 15.8 Å². The van der Waals surface area contributed by atoms with Gasteiger partial charge in [-0.05, 0) is 11.5 Å². The largest absolute Gasteiger partial charge is 0.490 e. The Kier molecular flexibility index (Phi) is 4.18. The summed E-state index contributed by atoms with van der Waals surface area (Å²) in [5, 5.41) is 3.25. The number of methoxy groups -OCH3 is 1. The lowest BCUT2D eigenvalue weighted by molar-refractivity contribution is 0.415. The van der Waals surface area contributed by atoms with E-state index in [0.717, 1.165) is 6.54 Å². The van der Waals surface area contributed by atoms with Crippen LogP contribution in [0.15, 0.2) is 36.7 Å². The third kappa shape index (κ3) is 3.13. The molecule has 1 aromatic heterocycles. The molecule has 0 fully saturated rings. The summed E-state index contributed by atoms with van der Waals surface area (Å²) in [6.45, 7) is 2.90. The second-order valence-corrected chi connectivity index (χ2v) is 4.33. The van der Waals surface area contributed by atoms with E-state index in [4.69, 9.17) is 10.5 Å². The standard InChI is InChI=1S/C14H18N4O/c1-10(11-6-4-3-5-7-11)8-16-14-12(19-2)13(15)17-9-18-14/h3-7,9-10H,8H2,1-2H3,(H3,15,16,17,18). The Labute approximate surface area is 112 Å². The molecule has 5 nitrogen and oxygen atoms in total. The van der Waals surface area contributed by atoms with Gasteiger partial charge in [-0.1, -0.05) is 37.3 Å². The van der Waals surface area contributed by atoms with Gasteiger partial charge in [-0.2, -0.15) is 0 Å². The van der Waals surface area contributed by atoms with Crippen LogP contribution in [0.4, 0.5) is 11.6 Å². The molecule has 3 N–H and O–H groups in total. The first-order valence-corrected chi connectivity index (χ1v) is 6.15. The predicted octanol–water partition coefficient (Wildman–Crippen LogP) is 2.28. The number of benzene rings is 1. The molecule has 0 amide bonds. The van der Waals surface area contributed by atoms with Gasteiger partial charge < -0.3 is 15.8 Å². The number of nitrogens with two attached hydrogens (primary N) is 1. The fraction of sp³-hybridized carbons (Fsp3) is 0.286. The van der Waals surface area contributed by atoms with Gasteiger partial charge in [0.05, 0.1) is 7.11 Å². The number of aromatic nitrogens is 2. The van der Waals surface area contributed by atoms with Crippen LogP contribution in [0, 0.1) is 0 Å². The van der Waals surface area contributed by atoms with Crippen LogP contribution in [0.5, 0.6) is 5.75 Å². The Morgan fingerprint density at radius 1 is 1.26 bits per heavy atom. The summed E-state index contributed by atoms with van der Waals surface area (Å²) >= 11 is 0. The van der Waals surface area contributed by atoms with Gasteiger partial charge in [-0.15, -0.1) is 0 Å². The molecule has 0 saturated heterocycles. The summed E-state index contributed by atoms with van der Waals surface area (Å²) in [6.07, 6.45) is 1.42. The first kappa shape index (κ1) is 13.1. The van der Waals surface area contributed by atoms with E-state index in [1.165, 1.54) is 11.9 Å². The molecule has 0 bridgehead atoms. The SMILES string of the molecule is COc1c(N)ncnc1NCC(C)c1ccccc1. The van der Waals surface area contributed by atoms with E-state index in [1.807, 2.05) is 18.2 Å². The maximum Gasteiger partial charge on any atom is 0.203 e. The van der Waals surface area contributed by atoms with E-state index in [0.29, 0.717) is 23.3 Å². The predicted molar refractivity (Wildman–Crippen MR) is 76.3 cm³/mol. The summed E-state index contributed by atoms with van der Waals surface area (Å²) in [5.74, 6) is 1.81. The smallest absolute Gasteiger partial charge is 0.203 e. The fourth-order valence-electron chi connectivity index (χ4n) is 1.86. The monoisotopic (exact) mass is 258 g/mol. The lowest BCUT2D eigenvalue weighted by Crippen LogP contribution is -2.12. The average Bonchev–Trinajstić information content (AvgIpc) is 2.45. The molecule has 1 atom stereocenters. The lowest BCUT2D eigenvalue weighted by Gasteiger charge is -2.15. The molecular weight excluding hydrogens is 240 g/mol. The Balaban J connectivity index is 2.05. The summed E-state index contributed by atoms with van der Waals surface area (Å²) in [4.78, 5) is 8.05. The molecule has 2 rings (SSSR count). The van der Waals surface area contributed by atoms with Crippen molar-refractivity contribution in [1.29, 1.82) is 0 Å². The highest BCUT2D eigenvalue weighted by atomic mass is 16.5. The highest BCUT2D eigenvalue weighted by Gasteiger charge is 2.11. The number of ether oxygens (including phenoxy) is 1. The van der Waals surface area contributed by atoms with Gasteiger partial charge in [0.2, 0.25) is 5.75 Å². The summed E-state index contributed by atoms with van der Waals surface area (Å²) in [6, 6.07) is 10.3. The highest BCUT2D eigenvalue weighted by molar-refractivity contribution is 5.61. The zero-order valence-corrected chi connectivity index (χ0v) is 11.1. The van der Waals surface area contributed by atoms with Crippen molar-refractivity contribution in [2.45, 2.75) is 12.8 Å². The molecule has 0 aliphatic carbocycles. The Morgan fingerprint density at radius 3 is 2.68 bits per heavy atom. The van der Waals surface area contributed by atoms with E-state index in [9.17, 15) is 0 Å². The molecule has 0 saturated carbocycles. The van der Waals surface area contributed by atoms with Crippen molar-refractivity contribution in [2.24, 2.45) is 0 Å². The van der Waals surface area contributed by atoms with Crippen molar-refractivity contribution in [1.82, 2.24) is 9.97 Å². The molecule has 100 valence electrons. The van der Waals surface area contributed by atoms with Gasteiger partial charge in [0.25, 0.3) is 0 Å². The van der Waals surface area contributed by atoms with Crippen molar-refractivity contribution in [2.75, 3.05) is 24.7 Å². The summed E-state index contributed by atoms with van der Waals surface area (Å²) in [5.41, 5.74) is 7.01. The van der Waals surface area contributed by atoms with E-state index < -0.39 is 0 Å². The molecule has 19 heavy (non-hydrogen) atoms. The van der Waals surface area contributed by atoms with Gasteiger partial charge in [-0.3, -0.25) is 0 Å². The number of rotatable bonds is 5. The van der Waals surface area contributed by atoms with Crippen LogP contribution in [0.3, 0.4) is 0 Å². The quantitative estimate of drug-likeness (QED) is 0.860. The molecule has 1 heterocycles. The van der Waals surface area contributed by atoms with Crippen molar-refractivity contribution in [3.63, 3.8) is 0 Å². The second-order valence-electron chi connectivity index (χ2n) is 4.33. The van der Waals surface area contributed by atoms with Crippen molar-refractivity contribution >= 4 is 11.6 Å². The molecule has 1 unspecified atom stereocenters. The Morgan fingerprint density at radius 2 is 2.00 bits per heavy atom. The van der Waals surface area contributed by atoms with Gasteiger partial charge >= 0.3 is 0 Å². The van der Waals surface area contributed by atoms with E-state index in [-0.39, 0.29) is 0 Å². The maximum atomic E-state index is 5.73. The number of nitrogens with one attached hydrogen (secondary N) is 1. The van der Waals surface area contributed by atoms with Crippen LogP contribution >= 0.6 is 0 Å². The van der Waals surface area contributed by atoms with Gasteiger partial charge in [0, 0.05) is 6.54 Å². The Hall–Kier alpha value is -2.30. The molecule has 0 spiro atoms. The molecule has 2 aromatic rings. The average molecular weight is 258 g/mol. The number of hydrogen-bond donors (Lipinski definition) is 2. The maximum absolute atomic E-state index is 5.73. The first-order chi connectivity index (χ1) is 9.22. The normalized spacial score (nSPS) is 11.9. The lowest BCUT2D eigenvalue weighted by atomic mass is 10.0. The first-order valence-electron chi connectivity index (χ1n) is 6.15. The number of anilines is 2. The van der Waals surface area contributed by atoms with Crippen molar-refractivity contribution in [3.05, 3.63) is 42.2 Å². The van der Waals surface area contributed by atoms with E-state index in [2.05, 4.69) is 34.3 Å². The van der Waals surface area contributed by atoms with Crippen molar-refractivity contribution < 1.29 is 4.74 Å². The zero-order chi connectivity index (χ0) is 13.7. The van der Waals surface area contributed by atoms with Crippen LogP contribution in [-0.4, -0.2) is 23.6 Å². The number of hydrogen-bond acceptors (Lipinski definition) is 5. The minimum atomic E-state index is 0.340. The molecule has 0 aliphatic heterocycles. The molecular formula is C14H18N4O. The summed E-state index contributed by atoms with van der Waals surface area (Å²) in [7, 11) is 1.56. The fourth-order valence-corrected chi connectivity index (χ4v) is 1.86. The van der Waals surface area contributed by atoms with Crippen LogP contribution in [0.25, 0.3) is 0 Å². The topological polar surface area (TPSA) is 73.1 Å². The number of nitrogens with zero attached hydrogens (tertiary/aromatic N) is 2. The molecule has 0 radical (unpaired) electrons. The second kappa shape index (κ2) is 6.04. The third-order valence-electron chi connectivity index (χ3n) is 2.98. The molecule has 5 heteroatoms. The number of nitrogen functional groups attached to an aromatic ring is 1. The molecule has 1 aromatic carbocycles. The van der Waals surface area contributed by atoms with Gasteiger partial charge in [0.1, 0.15) is 6.33 Å². The minimum absolute atomic E-state index is 0.340. The van der Waals surface area contributed by atoms with Gasteiger partial charge in [0.15, 0.2) is 11.6 Å². The van der Waals surface area contributed by atoms with Crippen molar-refractivity contribution in [3.8, 4) is 5.75 Å². The minimum Gasteiger partial charge on any atom is -0.490 e. The Bertz CT molecular complexity index is 530. The molecule has 0 aliphatic rings. The van der Waals surface area contributed by atoms with E-state index >= 15 is 0 Å². The van der Waals surface area contributed by atoms with Crippen LogP contribution in [0.1, 0.15) is 18.4 Å². The summed E-state index contributed by atoms with van der Waals surface area (Å²) < 4.78 is 5.20. The van der Waals surface area contributed by atoms with Crippen LogP contribution in [-0.2, 0) is 0 Å². The van der Waals surface area contributed by atoms with Gasteiger partial charge in [-0.25, -0.2) is 9.97 Å². The zero-order valence-electron chi connectivity index (χ0n) is 11.1. The highest BCUT2D eigenvalue weighted by Crippen LogP contribution is 2.27. The van der Waals surface area contributed by atoms with Crippen LogP contribution in [0.2, 0.25) is 0 Å².